The third-order valence-corrected chi connectivity index (χ3v) is 1.92. The molecule has 1 rings (SSSR count). The zero-order valence-electron chi connectivity index (χ0n) is 8.27. The van der Waals surface area contributed by atoms with Crippen LogP contribution in [-0.2, 0) is 22.6 Å². The second-order valence-electron chi connectivity index (χ2n) is 2.99. The summed E-state index contributed by atoms with van der Waals surface area (Å²) in [6.07, 6.45) is 4.80. The van der Waals surface area contributed by atoms with E-state index >= 15 is 0 Å². The van der Waals surface area contributed by atoms with Crippen LogP contribution in [-0.4, -0.2) is 22.6 Å². The number of methoxy groups -OCH3 is 1. The number of nitrogens with two attached hydrogens (primary N) is 1. The molecule has 0 saturated carbocycles. The van der Waals surface area contributed by atoms with Crippen molar-refractivity contribution in [1.29, 1.82) is 0 Å². The Labute approximate surface area is 82.9 Å². The lowest BCUT2D eigenvalue weighted by Crippen LogP contribution is -2.03. The van der Waals surface area contributed by atoms with Gasteiger partial charge in [0.25, 0.3) is 0 Å². The summed E-state index contributed by atoms with van der Waals surface area (Å²) in [7, 11) is 1.39. The number of hydrogen-bond donors (Lipinski definition) is 1. The van der Waals surface area contributed by atoms with Crippen LogP contribution in [0.2, 0.25) is 0 Å². The first-order chi connectivity index (χ1) is 6.76. The minimum Gasteiger partial charge on any atom is -0.469 e. The first-order valence-electron chi connectivity index (χ1n) is 4.53. The molecule has 1 heterocycles. The number of aryl methyl sites for hydroxylation is 1. The number of ether oxygens (including phenoxy) is 1. The smallest absolute Gasteiger partial charge is 0.305 e. The molecule has 1 aromatic rings. The molecule has 0 aromatic carbocycles. The minimum absolute atomic E-state index is 0.177. The van der Waals surface area contributed by atoms with E-state index in [1.54, 1.807) is 6.33 Å². The van der Waals surface area contributed by atoms with Gasteiger partial charge in [0, 0.05) is 25.7 Å². The van der Waals surface area contributed by atoms with E-state index in [1.807, 2.05) is 10.8 Å². The van der Waals surface area contributed by atoms with Crippen LogP contribution < -0.4 is 5.73 Å². The second kappa shape index (κ2) is 5.39. The summed E-state index contributed by atoms with van der Waals surface area (Å²) >= 11 is 0. The average Bonchev–Trinajstić information content (AvgIpc) is 2.65. The average molecular weight is 197 g/mol. The van der Waals surface area contributed by atoms with E-state index in [2.05, 4.69) is 9.72 Å². The van der Waals surface area contributed by atoms with Crippen LogP contribution in [0.25, 0.3) is 0 Å². The topological polar surface area (TPSA) is 70.1 Å². The van der Waals surface area contributed by atoms with Crippen LogP contribution in [0.3, 0.4) is 0 Å². The monoisotopic (exact) mass is 197 g/mol. The Morgan fingerprint density at radius 3 is 3.07 bits per heavy atom. The first-order valence-corrected chi connectivity index (χ1v) is 4.53. The van der Waals surface area contributed by atoms with Gasteiger partial charge in [-0.25, -0.2) is 4.98 Å². The van der Waals surface area contributed by atoms with Gasteiger partial charge in [-0.3, -0.25) is 4.79 Å². The summed E-state index contributed by atoms with van der Waals surface area (Å²) in [5.74, 6) is -0.177. The SMILES string of the molecule is COC(=O)CCCn1cnc(CN)c1. The molecule has 78 valence electrons. The third kappa shape index (κ3) is 3.18. The highest BCUT2D eigenvalue weighted by Crippen LogP contribution is 1.99. The summed E-state index contributed by atoms with van der Waals surface area (Å²) in [5, 5.41) is 0. The van der Waals surface area contributed by atoms with Crippen LogP contribution in [0.5, 0.6) is 0 Å². The Hall–Kier alpha value is -1.36. The maximum atomic E-state index is 10.8. The molecular weight excluding hydrogens is 182 g/mol. The van der Waals surface area contributed by atoms with Crippen LogP contribution in [0, 0.1) is 0 Å². The van der Waals surface area contributed by atoms with Gasteiger partial charge in [-0.2, -0.15) is 0 Å². The van der Waals surface area contributed by atoms with Gasteiger partial charge < -0.3 is 15.0 Å². The molecule has 0 unspecified atom stereocenters. The molecule has 0 amide bonds. The number of aromatic nitrogens is 2. The fourth-order valence-electron chi connectivity index (χ4n) is 1.14. The number of rotatable bonds is 5. The predicted octanol–water partition coefficient (Wildman–Crippen LogP) is 0.295. The summed E-state index contributed by atoms with van der Waals surface area (Å²) in [6, 6.07) is 0. The molecule has 1 aromatic heterocycles. The number of imidazole rings is 1. The zero-order valence-corrected chi connectivity index (χ0v) is 8.27. The van der Waals surface area contributed by atoms with Crippen molar-refractivity contribution in [3.05, 3.63) is 18.2 Å². The lowest BCUT2D eigenvalue weighted by Gasteiger charge is -2.00. The van der Waals surface area contributed by atoms with E-state index < -0.39 is 0 Å². The third-order valence-electron chi connectivity index (χ3n) is 1.92. The zero-order chi connectivity index (χ0) is 10.4. The van der Waals surface area contributed by atoms with Crippen LogP contribution >= 0.6 is 0 Å². The van der Waals surface area contributed by atoms with E-state index in [1.165, 1.54) is 7.11 Å². The van der Waals surface area contributed by atoms with Gasteiger partial charge in [-0.1, -0.05) is 0 Å². The Kier molecular flexibility index (Phi) is 4.12. The molecule has 0 saturated heterocycles. The predicted molar refractivity (Wildman–Crippen MR) is 51.4 cm³/mol. The molecule has 0 spiro atoms. The van der Waals surface area contributed by atoms with Gasteiger partial charge >= 0.3 is 5.97 Å². The lowest BCUT2D eigenvalue weighted by atomic mass is 10.3. The molecule has 0 aliphatic rings. The fourth-order valence-corrected chi connectivity index (χ4v) is 1.14. The highest BCUT2D eigenvalue weighted by molar-refractivity contribution is 5.68. The van der Waals surface area contributed by atoms with E-state index in [0.29, 0.717) is 13.0 Å². The van der Waals surface area contributed by atoms with Crippen molar-refractivity contribution in [3.8, 4) is 0 Å². The summed E-state index contributed by atoms with van der Waals surface area (Å²) in [6.45, 7) is 1.21. The van der Waals surface area contributed by atoms with Crippen molar-refractivity contribution < 1.29 is 9.53 Å². The minimum atomic E-state index is -0.177. The Bertz CT molecular complexity index is 296. The number of carbonyl (C=O) groups is 1. The van der Waals surface area contributed by atoms with Crippen molar-refractivity contribution in [2.24, 2.45) is 5.73 Å². The van der Waals surface area contributed by atoms with Gasteiger partial charge in [0.15, 0.2) is 0 Å². The van der Waals surface area contributed by atoms with E-state index in [9.17, 15) is 4.79 Å². The Morgan fingerprint density at radius 2 is 2.50 bits per heavy atom. The normalized spacial score (nSPS) is 10.1. The molecular formula is C9H15N3O2. The molecule has 0 radical (unpaired) electrons. The Morgan fingerprint density at radius 1 is 1.71 bits per heavy atom. The summed E-state index contributed by atoms with van der Waals surface area (Å²) in [4.78, 5) is 14.9. The van der Waals surface area contributed by atoms with Gasteiger partial charge in [0.1, 0.15) is 0 Å². The van der Waals surface area contributed by atoms with Gasteiger partial charge in [-0.05, 0) is 6.42 Å². The lowest BCUT2D eigenvalue weighted by molar-refractivity contribution is -0.140. The molecule has 5 nitrogen and oxygen atoms in total. The van der Waals surface area contributed by atoms with Crippen LogP contribution in [0.15, 0.2) is 12.5 Å². The van der Waals surface area contributed by atoms with Gasteiger partial charge in [0.05, 0.1) is 19.1 Å². The molecule has 14 heavy (non-hydrogen) atoms. The van der Waals surface area contributed by atoms with Crippen LogP contribution in [0.4, 0.5) is 0 Å². The molecule has 0 fully saturated rings. The summed E-state index contributed by atoms with van der Waals surface area (Å²) < 4.78 is 6.45. The molecule has 2 N–H and O–H groups in total. The molecule has 0 bridgehead atoms. The largest absolute Gasteiger partial charge is 0.469 e. The molecule has 0 aliphatic heterocycles. The molecule has 0 aliphatic carbocycles. The number of esters is 1. The molecule has 0 atom stereocenters. The van der Waals surface area contributed by atoms with E-state index in [4.69, 9.17) is 5.73 Å². The number of nitrogens with zero attached hydrogens (tertiary/aromatic N) is 2. The van der Waals surface area contributed by atoms with Gasteiger partial charge in [0.2, 0.25) is 0 Å². The van der Waals surface area contributed by atoms with Crippen LogP contribution in [0.1, 0.15) is 18.5 Å². The summed E-state index contributed by atoms with van der Waals surface area (Å²) in [5.41, 5.74) is 6.28. The molecule has 5 heteroatoms. The number of carbonyl (C=O) groups excluding carboxylic acids is 1. The van der Waals surface area contributed by atoms with E-state index in [0.717, 1.165) is 18.7 Å². The number of hydrogen-bond acceptors (Lipinski definition) is 4. The van der Waals surface area contributed by atoms with Crippen molar-refractivity contribution >= 4 is 5.97 Å². The quantitative estimate of drug-likeness (QED) is 0.689. The maximum absolute atomic E-state index is 10.8. The standard InChI is InChI=1S/C9H15N3O2/c1-14-9(13)3-2-4-12-6-8(5-10)11-7-12/h6-7H,2-5,10H2,1H3. The van der Waals surface area contributed by atoms with Gasteiger partial charge in [-0.15, -0.1) is 0 Å². The Balaban J connectivity index is 2.27. The second-order valence-corrected chi connectivity index (χ2v) is 2.99. The fraction of sp³-hybridized carbons (Fsp3) is 0.556. The first kappa shape index (κ1) is 10.7. The van der Waals surface area contributed by atoms with E-state index in [-0.39, 0.29) is 5.97 Å². The highest BCUT2D eigenvalue weighted by atomic mass is 16.5. The van der Waals surface area contributed by atoms with Crippen molar-refractivity contribution in [1.82, 2.24) is 9.55 Å². The maximum Gasteiger partial charge on any atom is 0.305 e. The highest BCUT2D eigenvalue weighted by Gasteiger charge is 2.00. The van der Waals surface area contributed by atoms with Crippen molar-refractivity contribution in [3.63, 3.8) is 0 Å². The van der Waals surface area contributed by atoms with Crippen molar-refractivity contribution in [2.75, 3.05) is 7.11 Å². The van der Waals surface area contributed by atoms with Crippen molar-refractivity contribution in [2.45, 2.75) is 25.9 Å².